The second-order valence-corrected chi connectivity index (χ2v) is 5.23. The first-order chi connectivity index (χ1) is 9.54. The summed E-state index contributed by atoms with van der Waals surface area (Å²) in [5, 5.41) is 3.09. The fraction of sp³-hybridized carbons (Fsp3) is 0.0769. The molecule has 0 aliphatic heterocycles. The molecule has 0 aliphatic rings. The zero-order chi connectivity index (χ0) is 14.5. The van der Waals surface area contributed by atoms with Crippen LogP contribution in [0.4, 0.5) is 11.5 Å². The van der Waals surface area contributed by atoms with Gasteiger partial charge in [-0.1, -0.05) is 27.5 Å². The van der Waals surface area contributed by atoms with Crippen LogP contribution in [0.3, 0.4) is 0 Å². The van der Waals surface area contributed by atoms with Crippen molar-refractivity contribution in [3.8, 4) is 5.75 Å². The van der Waals surface area contributed by atoms with Crippen molar-refractivity contribution in [3.63, 3.8) is 0 Å². The highest BCUT2D eigenvalue weighted by molar-refractivity contribution is 9.10. The summed E-state index contributed by atoms with van der Waals surface area (Å²) in [5.74, 6) is 0.517. The number of nitrogens with one attached hydrogen (secondary N) is 1. The number of nitrogens with zero attached hydrogens (tertiary/aromatic N) is 1. The molecule has 0 atom stereocenters. The van der Waals surface area contributed by atoms with E-state index >= 15 is 0 Å². The minimum atomic E-state index is -0.334. The van der Waals surface area contributed by atoms with Gasteiger partial charge in [0.25, 0.3) is 5.91 Å². The number of ether oxygens (including phenoxy) is 1. The number of nitrogen functional groups attached to an aromatic ring is 1. The Bertz CT molecular complexity index is 620. The van der Waals surface area contributed by atoms with Gasteiger partial charge in [-0.05, 0) is 30.3 Å². The summed E-state index contributed by atoms with van der Waals surface area (Å²) in [5.41, 5.74) is 6.20. The Morgan fingerprint density at radius 3 is 2.90 bits per heavy atom. The fourth-order valence-corrected chi connectivity index (χ4v) is 1.86. The number of benzene rings is 1. The number of carbonyl (C=O) groups is 1. The minimum Gasteiger partial charge on any atom is -0.482 e. The van der Waals surface area contributed by atoms with E-state index < -0.39 is 0 Å². The van der Waals surface area contributed by atoms with E-state index in [9.17, 15) is 4.79 Å². The van der Waals surface area contributed by atoms with Gasteiger partial charge < -0.3 is 15.8 Å². The maximum absolute atomic E-state index is 11.7. The first-order valence-corrected chi connectivity index (χ1v) is 6.81. The molecule has 0 unspecified atom stereocenters. The second kappa shape index (κ2) is 6.58. The topological polar surface area (TPSA) is 77.2 Å². The van der Waals surface area contributed by atoms with E-state index in [1.807, 2.05) is 0 Å². The van der Waals surface area contributed by atoms with Crippen LogP contribution in [0.1, 0.15) is 0 Å². The van der Waals surface area contributed by atoms with E-state index in [-0.39, 0.29) is 12.5 Å². The molecule has 0 spiro atoms. The molecule has 1 aromatic carbocycles. The standard InChI is InChI=1S/C13H11BrClN3O2/c14-8-1-3-10(16)11(5-8)20-7-13(19)18-12-4-2-9(15)6-17-12/h1-6H,7,16H2,(H,17,18,19). The average Bonchev–Trinajstić information content (AvgIpc) is 2.42. The van der Waals surface area contributed by atoms with Gasteiger partial charge in [0.1, 0.15) is 11.6 Å². The maximum Gasteiger partial charge on any atom is 0.263 e. The summed E-state index contributed by atoms with van der Waals surface area (Å²) in [7, 11) is 0. The molecule has 1 heterocycles. The predicted molar refractivity (Wildman–Crippen MR) is 81.9 cm³/mol. The van der Waals surface area contributed by atoms with Crippen molar-refractivity contribution in [2.75, 3.05) is 17.7 Å². The number of hydrogen-bond donors (Lipinski definition) is 2. The van der Waals surface area contributed by atoms with Crippen molar-refractivity contribution in [1.29, 1.82) is 0 Å². The largest absolute Gasteiger partial charge is 0.482 e. The quantitative estimate of drug-likeness (QED) is 0.825. The number of carbonyl (C=O) groups excluding carboxylic acids is 1. The smallest absolute Gasteiger partial charge is 0.263 e. The molecular formula is C13H11BrClN3O2. The van der Waals surface area contributed by atoms with Crippen LogP contribution in [-0.2, 0) is 4.79 Å². The number of rotatable bonds is 4. The average molecular weight is 357 g/mol. The highest BCUT2D eigenvalue weighted by Crippen LogP contribution is 2.25. The number of hydrogen-bond acceptors (Lipinski definition) is 4. The first kappa shape index (κ1) is 14.6. The lowest BCUT2D eigenvalue weighted by molar-refractivity contribution is -0.118. The molecule has 20 heavy (non-hydrogen) atoms. The third kappa shape index (κ3) is 4.11. The summed E-state index contributed by atoms with van der Waals surface area (Å²) in [4.78, 5) is 15.7. The molecule has 0 saturated carbocycles. The summed E-state index contributed by atoms with van der Waals surface area (Å²) < 4.78 is 6.18. The molecule has 0 radical (unpaired) electrons. The van der Waals surface area contributed by atoms with E-state index in [4.69, 9.17) is 22.1 Å². The lowest BCUT2D eigenvalue weighted by atomic mass is 10.3. The van der Waals surface area contributed by atoms with Crippen LogP contribution >= 0.6 is 27.5 Å². The van der Waals surface area contributed by atoms with Gasteiger partial charge in [-0.2, -0.15) is 0 Å². The third-order valence-electron chi connectivity index (χ3n) is 2.33. The Labute approximate surface area is 129 Å². The summed E-state index contributed by atoms with van der Waals surface area (Å²) in [6, 6.07) is 8.42. The van der Waals surface area contributed by atoms with E-state index in [0.717, 1.165) is 4.47 Å². The van der Waals surface area contributed by atoms with Gasteiger partial charge in [0.05, 0.1) is 10.7 Å². The number of amides is 1. The van der Waals surface area contributed by atoms with Crippen LogP contribution < -0.4 is 15.8 Å². The van der Waals surface area contributed by atoms with Gasteiger partial charge in [0.15, 0.2) is 6.61 Å². The SMILES string of the molecule is Nc1ccc(Br)cc1OCC(=O)Nc1ccc(Cl)cn1. The highest BCUT2D eigenvalue weighted by atomic mass is 79.9. The van der Waals surface area contributed by atoms with Gasteiger partial charge in [-0.3, -0.25) is 4.79 Å². The lowest BCUT2D eigenvalue weighted by Crippen LogP contribution is -2.21. The van der Waals surface area contributed by atoms with Crippen LogP contribution in [0.15, 0.2) is 41.0 Å². The van der Waals surface area contributed by atoms with E-state index in [0.29, 0.717) is 22.3 Å². The van der Waals surface area contributed by atoms with Crippen LogP contribution in [0, 0.1) is 0 Å². The summed E-state index contributed by atoms with van der Waals surface area (Å²) >= 11 is 9.01. The van der Waals surface area contributed by atoms with Crippen LogP contribution in [0.5, 0.6) is 5.75 Å². The molecule has 0 bridgehead atoms. The van der Waals surface area contributed by atoms with Crippen molar-refractivity contribution in [1.82, 2.24) is 4.98 Å². The molecule has 0 aliphatic carbocycles. The molecular weight excluding hydrogens is 346 g/mol. The van der Waals surface area contributed by atoms with Crippen LogP contribution in [0.2, 0.25) is 5.02 Å². The van der Waals surface area contributed by atoms with Gasteiger partial charge in [-0.25, -0.2) is 4.98 Å². The van der Waals surface area contributed by atoms with Crippen LogP contribution in [-0.4, -0.2) is 17.5 Å². The molecule has 7 heteroatoms. The monoisotopic (exact) mass is 355 g/mol. The van der Waals surface area contributed by atoms with Gasteiger partial charge in [0.2, 0.25) is 0 Å². The van der Waals surface area contributed by atoms with Crippen molar-refractivity contribution in [3.05, 3.63) is 46.0 Å². The molecule has 3 N–H and O–H groups in total. The van der Waals surface area contributed by atoms with E-state index in [2.05, 4.69) is 26.2 Å². The second-order valence-electron chi connectivity index (χ2n) is 3.88. The molecule has 0 saturated heterocycles. The molecule has 2 rings (SSSR count). The molecule has 1 aromatic heterocycles. The van der Waals surface area contributed by atoms with Crippen molar-refractivity contribution in [2.24, 2.45) is 0 Å². The fourth-order valence-electron chi connectivity index (χ4n) is 1.41. The number of halogens is 2. The summed E-state index contributed by atoms with van der Waals surface area (Å²) in [6.45, 7) is -0.162. The summed E-state index contributed by atoms with van der Waals surface area (Å²) in [6.07, 6.45) is 1.45. The maximum atomic E-state index is 11.7. The van der Waals surface area contributed by atoms with Crippen molar-refractivity contribution in [2.45, 2.75) is 0 Å². The van der Waals surface area contributed by atoms with E-state index in [1.165, 1.54) is 6.20 Å². The zero-order valence-electron chi connectivity index (χ0n) is 10.3. The van der Waals surface area contributed by atoms with Crippen LogP contribution in [0.25, 0.3) is 0 Å². The number of nitrogens with two attached hydrogens (primary N) is 1. The molecule has 2 aromatic rings. The molecule has 5 nitrogen and oxygen atoms in total. The first-order valence-electron chi connectivity index (χ1n) is 5.64. The number of aromatic nitrogens is 1. The van der Waals surface area contributed by atoms with Gasteiger partial charge in [0, 0.05) is 10.7 Å². The third-order valence-corrected chi connectivity index (χ3v) is 3.05. The molecule has 0 fully saturated rings. The number of anilines is 2. The normalized spacial score (nSPS) is 10.1. The van der Waals surface area contributed by atoms with Gasteiger partial charge in [-0.15, -0.1) is 0 Å². The Morgan fingerprint density at radius 1 is 1.40 bits per heavy atom. The Kier molecular flexibility index (Phi) is 4.81. The Morgan fingerprint density at radius 2 is 2.20 bits per heavy atom. The zero-order valence-corrected chi connectivity index (χ0v) is 12.6. The Hall–Kier alpha value is -1.79. The minimum absolute atomic E-state index is 0.162. The van der Waals surface area contributed by atoms with E-state index in [1.54, 1.807) is 30.3 Å². The van der Waals surface area contributed by atoms with Gasteiger partial charge >= 0.3 is 0 Å². The highest BCUT2D eigenvalue weighted by Gasteiger charge is 2.07. The molecule has 104 valence electrons. The predicted octanol–water partition coefficient (Wildman–Crippen LogP) is 3.10. The van der Waals surface area contributed by atoms with Crippen molar-refractivity contribution >= 4 is 44.9 Å². The molecule has 1 amide bonds. The van der Waals surface area contributed by atoms with Crippen molar-refractivity contribution < 1.29 is 9.53 Å². The lowest BCUT2D eigenvalue weighted by Gasteiger charge is -2.09. The number of pyridine rings is 1. The Balaban J connectivity index is 1.92.